The molecule has 1 aromatic carbocycles. The molecule has 0 radical (unpaired) electrons. The predicted octanol–water partition coefficient (Wildman–Crippen LogP) is 3.06. The highest BCUT2D eigenvalue weighted by atomic mass is 16.5. The van der Waals surface area contributed by atoms with Crippen molar-refractivity contribution in [3.8, 4) is 0 Å². The van der Waals surface area contributed by atoms with E-state index in [1.807, 2.05) is 24.3 Å². The van der Waals surface area contributed by atoms with E-state index in [-0.39, 0.29) is 11.3 Å². The molecule has 0 atom stereocenters. The Morgan fingerprint density at radius 2 is 2.00 bits per heavy atom. The maximum absolute atomic E-state index is 12.2. The van der Waals surface area contributed by atoms with Crippen LogP contribution in [0.15, 0.2) is 24.3 Å². The van der Waals surface area contributed by atoms with Crippen molar-refractivity contribution in [1.82, 2.24) is 5.32 Å². The number of methoxy groups -OCH3 is 1. The quantitative estimate of drug-likeness (QED) is 0.735. The van der Waals surface area contributed by atoms with E-state index < -0.39 is 0 Å². The first kappa shape index (κ1) is 15.8. The molecule has 2 N–H and O–H groups in total. The number of hydrogen-bond donors (Lipinski definition) is 2. The Kier molecular flexibility index (Phi) is 5.62. The van der Waals surface area contributed by atoms with E-state index in [0.717, 1.165) is 43.8 Å². The summed E-state index contributed by atoms with van der Waals surface area (Å²) in [5.74, 6) is 0.0146. The molecule has 1 fully saturated rings. The Morgan fingerprint density at radius 3 is 2.57 bits per heavy atom. The Balaban J connectivity index is 1.80. The van der Waals surface area contributed by atoms with Crippen molar-refractivity contribution >= 4 is 11.6 Å². The molecule has 0 heterocycles. The third kappa shape index (κ3) is 4.74. The fraction of sp³-hybridized carbons (Fsp3) is 0.588. The van der Waals surface area contributed by atoms with Crippen LogP contribution in [0.4, 0.5) is 5.69 Å². The molecule has 1 aromatic rings. The zero-order valence-corrected chi connectivity index (χ0v) is 13.1. The standard InChI is InChI=1S/C17H26N2O2/c1-3-11-18-15-6-4-14(5-7-15)16(20)19-13-17(8-9-17)10-12-21-2/h4-7,18H,3,8-13H2,1-2H3,(H,19,20). The van der Waals surface area contributed by atoms with Gasteiger partial charge in [0.05, 0.1) is 0 Å². The van der Waals surface area contributed by atoms with Crippen molar-refractivity contribution in [1.29, 1.82) is 0 Å². The summed E-state index contributed by atoms with van der Waals surface area (Å²) in [6.07, 6.45) is 4.50. The number of anilines is 1. The summed E-state index contributed by atoms with van der Waals surface area (Å²) in [5.41, 5.74) is 2.07. The number of carbonyl (C=O) groups excluding carboxylic acids is 1. The molecule has 21 heavy (non-hydrogen) atoms. The lowest BCUT2D eigenvalue weighted by molar-refractivity contribution is 0.0938. The molecule has 1 aliphatic carbocycles. The van der Waals surface area contributed by atoms with Gasteiger partial charge in [-0.3, -0.25) is 4.79 Å². The molecule has 1 saturated carbocycles. The van der Waals surface area contributed by atoms with Crippen LogP contribution in [-0.4, -0.2) is 32.7 Å². The monoisotopic (exact) mass is 290 g/mol. The second kappa shape index (κ2) is 7.46. The van der Waals surface area contributed by atoms with E-state index in [4.69, 9.17) is 4.74 Å². The van der Waals surface area contributed by atoms with Crippen molar-refractivity contribution < 1.29 is 9.53 Å². The lowest BCUT2D eigenvalue weighted by Crippen LogP contribution is -2.30. The van der Waals surface area contributed by atoms with Crippen LogP contribution < -0.4 is 10.6 Å². The smallest absolute Gasteiger partial charge is 0.251 e. The van der Waals surface area contributed by atoms with Crippen LogP contribution in [0.2, 0.25) is 0 Å². The topological polar surface area (TPSA) is 50.4 Å². The lowest BCUT2D eigenvalue weighted by atomic mass is 10.0. The number of nitrogens with one attached hydrogen (secondary N) is 2. The van der Waals surface area contributed by atoms with E-state index in [1.54, 1.807) is 7.11 Å². The molecule has 4 heteroatoms. The summed E-state index contributed by atoms with van der Waals surface area (Å²) in [4.78, 5) is 12.2. The number of carbonyl (C=O) groups is 1. The average Bonchev–Trinajstić information content (AvgIpc) is 3.29. The van der Waals surface area contributed by atoms with Gasteiger partial charge in [0.25, 0.3) is 5.91 Å². The minimum atomic E-state index is 0.0146. The molecule has 0 aliphatic heterocycles. The first-order valence-electron chi connectivity index (χ1n) is 7.80. The zero-order valence-electron chi connectivity index (χ0n) is 13.1. The van der Waals surface area contributed by atoms with Crippen LogP contribution >= 0.6 is 0 Å². The fourth-order valence-electron chi connectivity index (χ4n) is 2.39. The van der Waals surface area contributed by atoms with E-state index in [0.29, 0.717) is 0 Å². The van der Waals surface area contributed by atoms with E-state index in [1.165, 1.54) is 12.8 Å². The number of benzene rings is 1. The molecule has 0 bridgehead atoms. The van der Waals surface area contributed by atoms with Crippen LogP contribution in [0.3, 0.4) is 0 Å². The SMILES string of the molecule is CCCNc1ccc(C(=O)NCC2(CCOC)CC2)cc1. The average molecular weight is 290 g/mol. The van der Waals surface area contributed by atoms with Gasteiger partial charge in [-0.25, -0.2) is 0 Å². The Bertz CT molecular complexity index is 452. The number of rotatable bonds is 9. The summed E-state index contributed by atoms with van der Waals surface area (Å²) in [7, 11) is 1.72. The minimum Gasteiger partial charge on any atom is -0.385 e. The maximum Gasteiger partial charge on any atom is 0.251 e. The second-order valence-electron chi connectivity index (χ2n) is 5.93. The van der Waals surface area contributed by atoms with Crippen molar-refractivity contribution in [2.75, 3.05) is 32.1 Å². The number of amides is 1. The van der Waals surface area contributed by atoms with Gasteiger partial charge in [-0.05, 0) is 55.4 Å². The number of hydrogen-bond acceptors (Lipinski definition) is 3. The van der Waals surface area contributed by atoms with Gasteiger partial charge in [-0.2, -0.15) is 0 Å². The molecule has 0 unspecified atom stereocenters. The van der Waals surface area contributed by atoms with Crippen LogP contribution in [0.25, 0.3) is 0 Å². The van der Waals surface area contributed by atoms with Gasteiger partial charge < -0.3 is 15.4 Å². The summed E-state index contributed by atoms with van der Waals surface area (Å²) in [6.45, 7) is 4.61. The van der Waals surface area contributed by atoms with Crippen LogP contribution in [0.1, 0.15) is 43.0 Å². The normalized spacial score (nSPS) is 15.5. The first-order chi connectivity index (χ1) is 10.2. The molecule has 0 aromatic heterocycles. The molecule has 116 valence electrons. The first-order valence-corrected chi connectivity index (χ1v) is 7.80. The largest absolute Gasteiger partial charge is 0.385 e. The fourth-order valence-corrected chi connectivity index (χ4v) is 2.39. The van der Waals surface area contributed by atoms with Gasteiger partial charge in [-0.15, -0.1) is 0 Å². The highest BCUT2D eigenvalue weighted by Crippen LogP contribution is 2.48. The van der Waals surface area contributed by atoms with Gasteiger partial charge in [-0.1, -0.05) is 6.92 Å². The van der Waals surface area contributed by atoms with Crippen LogP contribution in [0.5, 0.6) is 0 Å². The van der Waals surface area contributed by atoms with Gasteiger partial charge in [0.2, 0.25) is 0 Å². The Labute approximate surface area is 127 Å². The second-order valence-corrected chi connectivity index (χ2v) is 5.93. The van der Waals surface area contributed by atoms with Crippen molar-refractivity contribution in [3.05, 3.63) is 29.8 Å². The third-order valence-corrected chi connectivity index (χ3v) is 4.14. The molecule has 0 spiro atoms. The van der Waals surface area contributed by atoms with Gasteiger partial charge in [0, 0.05) is 38.1 Å². The molecule has 2 rings (SSSR count). The maximum atomic E-state index is 12.2. The molecule has 1 aliphatic rings. The van der Waals surface area contributed by atoms with Crippen molar-refractivity contribution in [2.24, 2.45) is 5.41 Å². The van der Waals surface area contributed by atoms with E-state index >= 15 is 0 Å². The summed E-state index contributed by atoms with van der Waals surface area (Å²) in [5, 5.41) is 6.36. The van der Waals surface area contributed by atoms with Crippen molar-refractivity contribution in [3.63, 3.8) is 0 Å². The highest BCUT2D eigenvalue weighted by molar-refractivity contribution is 5.94. The summed E-state index contributed by atoms with van der Waals surface area (Å²) in [6, 6.07) is 7.68. The predicted molar refractivity (Wildman–Crippen MR) is 85.7 cm³/mol. The molecule has 1 amide bonds. The van der Waals surface area contributed by atoms with Crippen LogP contribution in [0, 0.1) is 5.41 Å². The molecular weight excluding hydrogens is 264 g/mol. The van der Waals surface area contributed by atoms with Crippen molar-refractivity contribution in [2.45, 2.75) is 32.6 Å². The zero-order chi connectivity index (χ0) is 15.1. The van der Waals surface area contributed by atoms with Gasteiger partial charge in [0.15, 0.2) is 0 Å². The molecule has 4 nitrogen and oxygen atoms in total. The van der Waals surface area contributed by atoms with Gasteiger partial charge >= 0.3 is 0 Å². The molecule has 0 saturated heterocycles. The van der Waals surface area contributed by atoms with Gasteiger partial charge in [0.1, 0.15) is 0 Å². The summed E-state index contributed by atoms with van der Waals surface area (Å²) >= 11 is 0. The number of ether oxygens (including phenoxy) is 1. The lowest BCUT2D eigenvalue weighted by Gasteiger charge is -2.15. The van der Waals surface area contributed by atoms with E-state index in [9.17, 15) is 4.79 Å². The summed E-state index contributed by atoms with van der Waals surface area (Å²) < 4.78 is 5.13. The Morgan fingerprint density at radius 1 is 1.29 bits per heavy atom. The highest BCUT2D eigenvalue weighted by Gasteiger charge is 2.42. The Hall–Kier alpha value is -1.55. The molecular formula is C17H26N2O2. The van der Waals surface area contributed by atoms with Crippen LogP contribution in [-0.2, 0) is 4.74 Å². The third-order valence-electron chi connectivity index (χ3n) is 4.14. The minimum absolute atomic E-state index is 0.0146. The van der Waals surface area contributed by atoms with E-state index in [2.05, 4.69) is 17.6 Å².